The molecule has 0 aliphatic rings. The molecule has 16 heavy (non-hydrogen) atoms. The van der Waals surface area contributed by atoms with E-state index in [1.165, 1.54) is 0 Å². The lowest BCUT2D eigenvalue weighted by molar-refractivity contribution is -0.138. The van der Waals surface area contributed by atoms with Crippen LogP contribution in [-0.4, -0.2) is 17.1 Å². The lowest BCUT2D eigenvalue weighted by Crippen LogP contribution is -2.32. The summed E-state index contributed by atoms with van der Waals surface area (Å²) < 4.78 is 37.9. The zero-order valence-corrected chi connectivity index (χ0v) is 8.73. The van der Waals surface area contributed by atoms with Crippen LogP contribution in [0.2, 0.25) is 0 Å². The topological polar surface area (TPSA) is 63.3 Å². The van der Waals surface area contributed by atoms with Crippen molar-refractivity contribution in [3.05, 3.63) is 35.1 Å². The zero-order chi connectivity index (χ0) is 11.6. The van der Waals surface area contributed by atoms with Crippen LogP contribution in [0.25, 0.3) is 0 Å². The first kappa shape index (κ1) is 14.7. The predicted octanol–water partition coefficient (Wildman–Crippen LogP) is 1.48. The third-order valence-corrected chi connectivity index (χ3v) is 1.82. The van der Waals surface area contributed by atoms with Crippen molar-refractivity contribution < 1.29 is 23.1 Å². The molecular formula is C9H9ClF3NO2. The minimum Gasteiger partial charge on any atom is -0.480 e. The SMILES string of the molecule is Cl.N[C@H](Cc1cc(F)c(F)c(F)c1)C(=O)O. The van der Waals surface area contributed by atoms with Crippen LogP contribution < -0.4 is 5.73 Å². The summed E-state index contributed by atoms with van der Waals surface area (Å²) in [4.78, 5) is 10.4. The fraction of sp³-hybridized carbons (Fsp3) is 0.222. The van der Waals surface area contributed by atoms with E-state index in [1.54, 1.807) is 0 Å². The molecule has 0 amide bonds. The van der Waals surface area contributed by atoms with E-state index < -0.39 is 29.5 Å². The molecule has 0 fully saturated rings. The van der Waals surface area contributed by atoms with Crippen molar-refractivity contribution in [1.29, 1.82) is 0 Å². The van der Waals surface area contributed by atoms with Gasteiger partial charge in [0.05, 0.1) is 0 Å². The minimum atomic E-state index is -1.58. The van der Waals surface area contributed by atoms with Crippen LogP contribution in [0, 0.1) is 17.5 Å². The molecule has 0 bridgehead atoms. The maximum atomic E-state index is 12.7. The first-order chi connectivity index (χ1) is 6.91. The maximum absolute atomic E-state index is 12.7. The van der Waals surface area contributed by atoms with Gasteiger partial charge in [-0.05, 0) is 24.1 Å². The van der Waals surface area contributed by atoms with Crippen LogP contribution in [0.3, 0.4) is 0 Å². The van der Waals surface area contributed by atoms with Gasteiger partial charge in [-0.3, -0.25) is 4.79 Å². The molecule has 0 saturated heterocycles. The Bertz CT molecular complexity index is 377. The molecule has 7 heteroatoms. The average Bonchev–Trinajstić information content (AvgIpc) is 2.13. The Morgan fingerprint density at radius 1 is 1.31 bits per heavy atom. The summed E-state index contributed by atoms with van der Waals surface area (Å²) in [6.45, 7) is 0. The summed E-state index contributed by atoms with van der Waals surface area (Å²) in [5.74, 6) is -5.59. The Morgan fingerprint density at radius 3 is 2.12 bits per heavy atom. The molecular weight excluding hydrogens is 247 g/mol. The summed E-state index contributed by atoms with van der Waals surface area (Å²) in [7, 11) is 0. The number of hydrogen-bond acceptors (Lipinski definition) is 2. The summed E-state index contributed by atoms with van der Waals surface area (Å²) in [6.07, 6.45) is -0.260. The Labute approximate surface area is 95.5 Å². The largest absolute Gasteiger partial charge is 0.480 e. The number of carbonyl (C=O) groups is 1. The summed E-state index contributed by atoms with van der Waals surface area (Å²) in [6, 6.07) is 0.178. The highest BCUT2D eigenvalue weighted by Crippen LogP contribution is 2.14. The molecule has 3 N–H and O–H groups in total. The molecule has 0 saturated carbocycles. The van der Waals surface area contributed by atoms with E-state index in [-0.39, 0.29) is 24.4 Å². The molecule has 1 rings (SSSR count). The predicted molar refractivity (Wildman–Crippen MR) is 52.9 cm³/mol. The molecule has 90 valence electrons. The van der Waals surface area contributed by atoms with E-state index in [0.717, 1.165) is 12.1 Å². The van der Waals surface area contributed by atoms with E-state index in [2.05, 4.69) is 0 Å². The second kappa shape index (κ2) is 5.72. The van der Waals surface area contributed by atoms with Crippen molar-refractivity contribution in [1.82, 2.24) is 0 Å². The monoisotopic (exact) mass is 255 g/mol. The van der Waals surface area contributed by atoms with Crippen LogP contribution in [0.5, 0.6) is 0 Å². The number of rotatable bonds is 3. The van der Waals surface area contributed by atoms with Crippen molar-refractivity contribution in [2.24, 2.45) is 5.73 Å². The van der Waals surface area contributed by atoms with Crippen molar-refractivity contribution in [3.63, 3.8) is 0 Å². The van der Waals surface area contributed by atoms with Crippen molar-refractivity contribution >= 4 is 18.4 Å². The molecule has 0 aliphatic carbocycles. The molecule has 0 radical (unpaired) electrons. The van der Waals surface area contributed by atoms with Gasteiger partial charge in [-0.1, -0.05) is 0 Å². The molecule has 3 nitrogen and oxygen atoms in total. The van der Waals surface area contributed by atoms with Gasteiger partial charge < -0.3 is 10.8 Å². The third kappa shape index (κ3) is 3.39. The first-order valence-corrected chi connectivity index (χ1v) is 4.03. The van der Waals surface area contributed by atoms with E-state index in [9.17, 15) is 18.0 Å². The quantitative estimate of drug-likeness (QED) is 0.804. The van der Waals surface area contributed by atoms with Gasteiger partial charge >= 0.3 is 5.97 Å². The second-order valence-corrected chi connectivity index (χ2v) is 3.02. The third-order valence-electron chi connectivity index (χ3n) is 1.82. The number of aliphatic carboxylic acids is 1. The smallest absolute Gasteiger partial charge is 0.320 e. The van der Waals surface area contributed by atoms with Crippen molar-refractivity contribution in [3.8, 4) is 0 Å². The van der Waals surface area contributed by atoms with E-state index in [4.69, 9.17) is 10.8 Å². The Balaban J connectivity index is 0.00000225. The molecule has 1 atom stereocenters. The minimum absolute atomic E-state index is 0. The Kier molecular flexibility index (Phi) is 5.26. The fourth-order valence-corrected chi connectivity index (χ4v) is 1.07. The number of carboxylic acids is 1. The van der Waals surface area contributed by atoms with E-state index in [1.807, 2.05) is 0 Å². The zero-order valence-electron chi connectivity index (χ0n) is 7.91. The van der Waals surface area contributed by atoms with Gasteiger partial charge in [-0.25, -0.2) is 13.2 Å². The number of nitrogens with two attached hydrogens (primary N) is 1. The molecule has 1 aromatic rings. The first-order valence-electron chi connectivity index (χ1n) is 4.03. The number of carboxylic acid groups (broad SMARTS) is 1. The lowest BCUT2D eigenvalue weighted by atomic mass is 10.1. The van der Waals surface area contributed by atoms with E-state index in [0.29, 0.717) is 0 Å². The Morgan fingerprint density at radius 2 is 1.75 bits per heavy atom. The van der Waals surface area contributed by atoms with Gasteiger partial charge in [0, 0.05) is 0 Å². The maximum Gasteiger partial charge on any atom is 0.320 e. The second-order valence-electron chi connectivity index (χ2n) is 3.02. The molecule has 0 aliphatic heterocycles. The average molecular weight is 256 g/mol. The van der Waals surface area contributed by atoms with Crippen LogP contribution in [0.15, 0.2) is 12.1 Å². The standard InChI is InChI=1S/C9H8F3NO2.ClH/c10-5-1-4(2-6(11)8(5)12)3-7(13)9(14)15;/h1-2,7H,3,13H2,(H,14,15);1H/t7-;/m1./s1. The molecule has 0 spiro atoms. The van der Waals surface area contributed by atoms with Crippen LogP contribution in [0.1, 0.15) is 5.56 Å². The van der Waals surface area contributed by atoms with Gasteiger partial charge in [-0.2, -0.15) is 0 Å². The van der Waals surface area contributed by atoms with Gasteiger partial charge in [0.1, 0.15) is 6.04 Å². The Hall–Kier alpha value is -1.27. The van der Waals surface area contributed by atoms with Crippen molar-refractivity contribution in [2.45, 2.75) is 12.5 Å². The van der Waals surface area contributed by atoms with Crippen LogP contribution >= 0.6 is 12.4 Å². The van der Waals surface area contributed by atoms with Crippen LogP contribution in [0.4, 0.5) is 13.2 Å². The van der Waals surface area contributed by atoms with Gasteiger partial charge in [0.15, 0.2) is 17.5 Å². The molecule has 0 heterocycles. The highest BCUT2D eigenvalue weighted by Gasteiger charge is 2.16. The van der Waals surface area contributed by atoms with Gasteiger partial charge in [0.25, 0.3) is 0 Å². The summed E-state index contributed by atoms with van der Waals surface area (Å²) >= 11 is 0. The highest BCUT2D eigenvalue weighted by atomic mass is 35.5. The van der Waals surface area contributed by atoms with Crippen molar-refractivity contribution in [2.75, 3.05) is 0 Å². The highest BCUT2D eigenvalue weighted by molar-refractivity contribution is 5.85. The molecule has 0 aromatic heterocycles. The summed E-state index contributed by atoms with van der Waals surface area (Å²) in [5.41, 5.74) is 5.15. The van der Waals surface area contributed by atoms with Gasteiger partial charge in [-0.15, -0.1) is 12.4 Å². The lowest BCUT2D eigenvalue weighted by Gasteiger charge is -2.06. The number of halogens is 4. The molecule has 1 aromatic carbocycles. The normalized spacial score (nSPS) is 11.8. The van der Waals surface area contributed by atoms with Crippen LogP contribution in [-0.2, 0) is 11.2 Å². The fourth-order valence-electron chi connectivity index (χ4n) is 1.07. The van der Waals surface area contributed by atoms with Gasteiger partial charge in [0.2, 0.25) is 0 Å². The number of hydrogen-bond donors (Lipinski definition) is 2. The molecule has 0 unspecified atom stereocenters. The number of benzene rings is 1. The van der Waals surface area contributed by atoms with E-state index >= 15 is 0 Å². The summed E-state index contributed by atoms with van der Waals surface area (Å²) in [5, 5.41) is 8.45.